The summed E-state index contributed by atoms with van der Waals surface area (Å²) in [6, 6.07) is 0. The SMILES string of the molecule is CCCCCCCCCCCCCCCC(=O)O[C@H](COC(=O)CCCCCCCCC(C)CC)COP(=O)(O)OC[C@H](O)COP(=O)(O)OC[C@@H](COC(=O)CCCCCCCCCCCCCCCCCC(C)C)OC(=O)CCCCCCCCCCCCCCCCCCCCC(C)C. The molecule has 0 rings (SSSR count). The first kappa shape index (κ1) is 100. The van der Waals surface area contributed by atoms with Gasteiger partial charge in [0.2, 0.25) is 0 Å². The van der Waals surface area contributed by atoms with E-state index >= 15 is 0 Å². The Labute approximate surface area is 626 Å². The van der Waals surface area contributed by atoms with Gasteiger partial charge in [0.1, 0.15) is 19.3 Å². The summed E-state index contributed by atoms with van der Waals surface area (Å²) >= 11 is 0. The summed E-state index contributed by atoms with van der Waals surface area (Å²) in [5.74, 6) is 0.249. The summed E-state index contributed by atoms with van der Waals surface area (Å²) in [6.45, 7) is 12.0. The van der Waals surface area contributed by atoms with Crippen molar-refractivity contribution < 1.29 is 80.2 Å². The molecular weight excluding hydrogens is 1330 g/mol. The van der Waals surface area contributed by atoms with E-state index in [2.05, 4.69) is 48.5 Å². The number of rotatable bonds is 81. The fourth-order valence-corrected chi connectivity index (χ4v) is 14.4. The molecule has 6 atom stereocenters. The lowest BCUT2D eigenvalue weighted by Gasteiger charge is -2.21. The number of carbonyl (C=O) groups excluding carboxylic acids is 4. The second-order valence-electron chi connectivity index (χ2n) is 31.1. The second-order valence-corrected chi connectivity index (χ2v) is 34.0. The number of esters is 4. The highest BCUT2D eigenvalue weighted by atomic mass is 31.2. The molecule has 0 amide bonds. The Kier molecular flexibility index (Phi) is 71.8. The molecule has 0 saturated carbocycles. The molecule has 0 aromatic heterocycles. The lowest BCUT2D eigenvalue weighted by atomic mass is 10.00. The molecule has 0 aliphatic carbocycles. The van der Waals surface area contributed by atoms with Crippen LogP contribution < -0.4 is 0 Å². The Morgan fingerprint density at radius 1 is 0.284 bits per heavy atom. The molecule has 0 heterocycles. The summed E-state index contributed by atoms with van der Waals surface area (Å²) in [7, 11) is -9.92. The van der Waals surface area contributed by atoms with Crippen LogP contribution in [0.5, 0.6) is 0 Å². The molecule has 0 aromatic carbocycles. The zero-order valence-corrected chi connectivity index (χ0v) is 68.9. The van der Waals surface area contributed by atoms with Crippen LogP contribution in [0, 0.1) is 17.8 Å². The average Bonchev–Trinajstić information content (AvgIpc) is 0.919. The molecule has 19 heteroatoms. The van der Waals surface area contributed by atoms with Crippen molar-refractivity contribution in [3.05, 3.63) is 0 Å². The minimum atomic E-state index is -4.96. The highest BCUT2D eigenvalue weighted by Crippen LogP contribution is 2.45. The van der Waals surface area contributed by atoms with Gasteiger partial charge in [0, 0.05) is 25.7 Å². The van der Waals surface area contributed by atoms with Gasteiger partial charge in [-0.05, 0) is 43.4 Å². The normalized spacial score (nSPS) is 14.2. The van der Waals surface area contributed by atoms with Crippen LogP contribution in [0.25, 0.3) is 0 Å². The van der Waals surface area contributed by atoms with E-state index in [-0.39, 0.29) is 25.7 Å². The number of unbranched alkanes of at least 4 members (excludes halogenated alkanes) is 48. The molecule has 0 aromatic rings. The standard InChI is InChI=1S/C83H162O17P2/c1-8-10-11-12-13-14-15-25-33-38-43-52-59-66-83(88)100-79(71-94-81(86)65-58-51-46-45-49-56-63-76(7)9-2)73-98-102(91,92)96-69-77(84)68-95-101(89,90)97-72-78(70-93-80(85)64-57-50-42-37-32-28-24-20-22-27-31-36-41-48-55-62-75(5)6)99-82(87)67-60-53-44-39-34-29-23-19-17-16-18-21-26-30-35-40-47-54-61-74(3)4/h74-79,84H,8-73H2,1-7H3,(H,89,90)(H,91,92)/t76?,77-,78-,79-/m1/s1. The Morgan fingerprint density at radius 3 is 0.745 bits per heavy atom. The molecule has 0 saturated heterocycles. The highest BCUT2D eigenvalue weighted by molar-refractivity contribution is 7.47. The predicted octanol–water partition coefficient (Wildman–Crippen LogP) is 24.9. The Bertz CT molecular complexity index is 1980. The van der Waals surface area contributed by atoms with Gasteiger partial charge < -0.3 is 33.8 Å². The number of aliphatic hydroxyl groups excluding tert-OH is 1. The summed E-state index contributed by atoms with van der Waals surface area (Å²) in [4.78, 5) is 73.1. The van der Waals surface area contributed by atoms with Gasteiger partial charge in [0.15, 0.2) is 12.2 Å². The summed E-state index contributed by atoms with van der Waals surface area (Å²) in [6.07, 6.45) is 62.5. The van der Waals surface area contributed by atoms with Gasteiger partial charge in [-0.3, -0.25) is 37.3 Å². The largest absolute Gasteiger partial charge is 0.472 e. The molecule has 606 valence electrons. The first-order valence-corrected chi connectivity index (χ1v) is 45.9. The number of ether oxygens (including phenoxy) is 4. The van der Waals surface area contributed by atoms with Crippen molar-refractivity contribution in [2.75, 3.05) is 39.6 Å². The van der Waals surface area contributed by atoms with Crippen LogP contribution in [0.3, 0.4) is 0 Å². The minimum Gasteiger partial charge on any atom is -0.462 e. The van der Waals surface area contributed by atoms with E-state index in [1.54, 1.807) is 0 Å². The molecule has 0 bridgehead atoms. The number of phosphoric acid groups is 2. The van der Waals surface area contributed by atoms with Crippen molar-refractivity contribution in [1.82, 2.24) is 0 Å². The maximum absolute atomic E-state index is 13.1. The number of hydrogen-bond donors (Lipinski definition) is 3. The molecule has 0 radical (unpaired) electrons. The molecule has 0 spiro atoms. The third-order valence-electron chi connectivity index (χ3n) is 19.7. The highest BCUT2D eigenvalue weighted by Gasteiger charge is 2.30. The van der Waals surface area contributed by atoms with E-state index in [9.17, 15) is 43.2 Å². The molecule has 17 nitrogen and oxygen atoms in total. The van der Waals surface area contributed by atoms with Crippen LogP contribution in [0.15, 0.2) is 0 Å². The van der Waals surface area contributed by atoms with Crippen LogP contribution in [0.2, 0.25) is 0 Å². The van der Waals surface area contributed by atoms with Crippen molar-refractivity contribution >= 4 is 39.5 Å². The Morgan fingerprint density at radius 2 is 0.500 bits per heavy atom. The second kappa shape index (κ2) is 73.2. The maximum Gasteiger partial charge on any atom is 0.472 e. The Hall–Kier alpha value is -1.94. The lowest BCUT2D eigenvalue weighted by molar-refractivity contribution is -0.161. The third kappa shape index (κ3) is 74.9. The zero-order chi connectivity index (χ0) is 75.1. The number of aliphatic hydroxyl groups is 1. The number of hydrogen-bond acceptors (Lipinski definition) is 15. The van der Waals surface area contributed by atoms with E-state index in [1.807, 2.05) is 0 Å². The Balaban J connectivity index is 5.22. The van der Waals surface area contributed by atoms with Gasteiger partial charge in [0.05, 0.1) is 26.4 Å². The van der Waals surface area contributed by atoms with Crippen LogP contribution in [0.4, 0.5) is 0 Å². The minimum absolute atomic E-state index is 0.107. The number of carbonyl (C=O) groups is 4. The van der Waals surface area contributed by atoms with E-state index in [4.69, 9.17) is 37.0 Å². The van der Waals surface area contributed by atoms with Crippen molar-refractivity contribution in [2.45, 2.75) is 452 Å². The lowest BCUT2D eigenvalue weighted by Crippen LogP contribution is -2.30. The molecule has 3 N–H and O–H groups in total. The monoisotopic (exact) mass is 1490 g/mol. The van der Waals surface area contributed by atoms with Crippen LogP contribution in [-0.2, 0) is 65.4 Å². The molecule has 102 heavy (non-hydrogen) atoms. The fourth-order valence-electron chi connectivity index (χ4n) is 12.8. The van der Waals surface area contributed by atoms with Crippen LogP contribution >= 0.6 is 15.6 Å². The predicted molar refractivity (Wildman–Crippen MR) is 418 cm³/mol. The van der Waals surface area contributed by atoms with Crippen molar-refractivity contribution in [3.8, 4) is 0 Å². The van der Waals surface area contributed by atoms with Crippen molar-refractivity contribution in [2.24, 2.45) is 17.8 Å². The topological polar surface area (TPSA) is 237 Å². The van der Waals surface area contributed by atoms with Crippen LogP contribution in [0.1, 0.15) is 434 Å². The van der Waals surface area contributed by atoms with E-state index in [0.29, 0.717) is 25.7 Å². The van der Waals surface area contributed by atoms with Gasteiger partial charge in [-0.1, -0.05) is 382 Å². The van der Waals surface area contributed by atoms with Gasteiger partial charge in [-0.2, -0.15) is 0 Å². The van der Waals surface area contributed by atoms with Gasteiger partial charge in [0.25, 0.3) is 0 Å². The molecule has 0 fully saturated rings. The molecule has 3 unspecified atom stereocenters. The molecule has 0 aliphatic rings. The quantitative estimate of drug-likeness (QED) is 0.0222. The van der Waals surface area contributed by atoms with Gasteiger partial charge >= 0.3 is 39.5 Å². The van der Waals surface area contributed by atoms with Crippen molar-refractivity contribution in [1.29, 1.82) is 0 Å². The smallest absolute Gasteiger partial charge is 0.462 e. The van der Waals surface area contributed by atoms with Crippen LogP contribution in [-0.4, -0.2) is 96.7 Å². The summed E-state index contributed by atoms with van der Waals surface area (Å²) in [5, 5.41) is 10.6. The summed E-state index contributed by atoms with van der Waals surface area (Å²) < 4.78 is 68.8. The summed E-state index contributed by atoms with van der Waals surface area (Å²) in [5.41, 5.74) is 0. The zero-order valence-electron chi connectivity index (χ0n) is 67.1. The van der Waals surface area contributed by atoms with E-state index in [1.165, 1.54) is 238 Å². The molecule has 0 aliphatic heterocycles. The van der Waals surface area contributed by atoms with Crippen molar-refractivity contribution in [3.63, 3.8) is 0 Å². The van der Waals surface area contributed by atoms with E-state index in [0.717, 1.165) is 114 Å². The molecular formula is C83H162O17P2. The fraction of sp³-hybridized carbons (Fsp3) is 0.952. The van der Waals surface area contributed by atoms with E-state index < -0.39 is 97.5 Å². The first-order chi connectivity index (χ1) is 49.3. The number of phosphoric ester groups is 2. The van der Waals surface area contributed by atoms with Gasteiger partial charge in [-0.15, -0.1) is 0 Å². The third-order valence-corrected chi connectivity index (χ3v) is 21.6. The maximum atomic E-state index is 13.1. The first-order valence-electron chi connectivity index (χ1n) is 42.9. The van der Waals surface area contributed by atoms with Gasteiger partial charge in [-0.25, -0.2) is 9.13 Å². The average molecular weight is 1490 g/mol.